The van der Waals surface area contributed by atoms with Crippen molar-refractivity contribution in [2.45, 2.75) is 6.42 Å². The molecule has 0 atom stereocenters. The molecule has 0 saturated heterocycles. The summed E-state index contributed by atoms with van der Waals surface area (Å²) in [4.78, 5) is 0. The molecule has 2 aromatic rings. The first kappa shape index (κ1) is 14.3. The molecule has 1 aliphatic rings. The monoisotopic (exact) mass is 264 g/mol. The van der Waals surface area contributed by atoms with Crippen LogP contribution in [0.15, 0.2) is 73.8 Å². The summed E-state index contributed by atoms with van der Waals surface area (Å²) in [7, 11) is 0. The van der Waals surface area contributed by atoms with Crippen LogP contribution in [-0.4, -0.2) is 13.2 Å². The third-order valence-electron chi connectivity index (χ3n) is 3.18. The van der Waals surface area contributed by atoms with Crippen LogP contribution >= 0.6 is 0 Å². The molecule has 0 bridgehead atoms. The molecule has 0 N–H and O–H groups in total. The van der Waals surface area contributed by atoms with Gasteiger partial charge in [-0.15, -0.1) is 13.2 Å². The molecular weight excluding hydrogens is 244 g/mol. The minimum Gasteiger partial charge on any atom is -0.373 e. The predicted molar refractivity (Wildman–Crippen MR) is 85.9 cm³/mol. The van der Waals surface area contributed by atoms with Gasteiger partial charge in [-0.05, 0) is 28.7 Å². The second-order valence-electron chi connectivity index (χ2n) is 4.61. The second kappa shape index (κ2) is 7.46. The van der Waals surface area contributed by atoms with Gasteiger partial charge >= 0.3 is 0 Å². The second-order valence-corrected chi connectivity index (χ2v) is 4.61. The molecule has 20 heavy (non-hydrogen) atoms. The summed E-state index contributed by atoms with van der Waals surface area (Å²) in [5, 5.41) is 0. The Kier molecular flexibility index (Phi) is 5.33. The molecule has 1 heteroatoms. The number of ether oxygens (including phenoxy) is 1. The van der Waals surface area contributed by atoms with Gasteiger partial charge in [-0.1, -0.05) is 60.7 Å². The Bertz CT molecular complexity index is 532. The highest BCUT2D eigenvalue weighted by atomic mass is 16.5. The van der Waals surface area contributed by atoms with Gasteiger partial charge in [0.2, 0.25) is 0 Å². The average molecular weight is 264 g/mol. The summed E-state index contributed by atoms with van der Waals surface area (Å²) in [6.07, 6.45) is 4.53. The van der Waals surface area contributed by atoms with E-state index in [0.29, 0.717) is 13.2 Å². The van der Waals surface area contributed by atoms with Crippen molar-refractivity contribution in [3.8, 4) is 11.1 Å². The summed E-state index contributed by atoms with van der Waals surface area (Å²) in [5.41, 5.74) is 5.75. The average Bonchev–Trinajstić information content (AvgIpc) is 2.87. The molecule has 1 nitrogen and oxygen atoms in total. The smallest absolute Gasteiger partial charge is 0.0649 e. The third-order valence-corrected chi connectivity index (χ3v) is 3.18. The molecule has 3 rings (SSSR count). The largest absolute Gasteiger partial charge is 0.373 e. The fourth-order valence-electron chi connectivity index (χ4n) is 2.31. The minimum atomic E-state index is 0.617. The van der Waals surface area contributed by atoms with Gasteiger partial charge in [0, 0.05) is 0 Å². The summed E-state index contributed by atoms with van der Waals surface area (Å²) in [5.74, 6) is 0. The molecule has 2 aromatic carbocycles. The first-order valence-corrected chi connectivity index (χ1v) is 6.82. The quantitative estimate of drug-likeness (QED) is 0.493. The topological polar surface area (TPSA) is 9.23 Å². The Balaban J connectivity index is 0.000000182. The van der Waals surface area contributed by atoms with Gasteiger partial charge in [0.05, 0.1) is 13.2 Å². The van der Waals surface area contributed by atoms with Crippen LogP contribution in [0, 0.1) is 0 Å². The van der Waals surface area contributed by atoms with Crippen LogP contribution in [0.25, 0.3) is 11.1 Å². The molecule has 0 aromatic heterocycles. The summed E-state index contributed by atoms with van der Waals surface area (Å²) >= 11 is 0. The molecule has 0 fully saturated rings. The molecule has 0 heterocycles. The molecular formula is C19H20O. The lowest BCUT2D eigenvalue weighted by atomic mass is 10.1. The zero-order valence-electron chi connectivity index (χ0n) is 11.7. The molecule has 0 radical (unpaired) electrons. The van der Waals surface area contributed by atoms with Crippen molar-refractivity contribution in [3.05, 3.63) is 85.0 Å². The van der Waals surface area contributed by atoms with Crippen LogP contribution in [0.1, 0.15) is 11.1 Å². The fraction of sp³-hybridized carbons (Fsp3) is 0.158. The van der Waals surface area contributed by atoms with Crippen LogP contribution in [0.4, 0.5) is 0 Å². The van der Waals surface area contributed by atoms with Crippen LogP contribution in [-0.2, 0) is 11.2 Å². The zero-order valence-corrected chi connectivity index (χ0v) is 11.7. The lowest BCUT2D eigenvalue weighted by molar-refractivity contribution is 0.194. The molecule has 0 unspecified atom stereocenters. The van der Waals surface area contributed by atoms with E-state index in [2.05, 4.69) is 61.7 Å². The van der Waals surface area contributed by atoms with Crippen molar-refractivity contribution in [1.82, 2.24) is 0 Å². The molecule has 0 aliphatic heterocycles. The van der Waals surface area contributed by atoms with Crippen molar-refractivity contribution in [2.75, 3.05) is 13.2 Å². The number of hydrogen-bond donors (Lipinski definition) is 0. The first-order chi connectivity index (χ1) is 9.86. The van der Waals surface area contributed by atoms with Gasteiger partial charge in [-0.2, -0.15) is 0 Å². The van der Waals surface area contributed by atoms with Crippen LogP contribution in [0.3, 0.4) is 0 Å². The van der Waals surface area contributed by atoms with Crippen molar-refractivity contribution >= 4 is 0 Å². The number of rotatable bonds is 4. The van der Waals surface area contributed by atoms with E-state index < -0.39 is 0 Å². The van der Waals surface area contributed by atoms with Gasteiger partial charge in [-0.25, -0.2) is 0 Å². The normalized spacial score (nSPS) is 10.8. The lowest BCUT2D eigenvalue weighted by Crippen LogP contribution is -1.87. The van der Waals surface area contributed by atoms with E-state index >= 15 is 0 Å². The standard InChI is InChI=1S/C13H10.C6H10O/c1-3-7-12-10(5-1)9-11-6-2-4-8-13(11)12;1-3-5-7-6-4-2/h1-8H,9H2;3-4H,1-2,5-6H2. The highest BCUT2D eigenvalue weighted by Crippen LogP contribution is 2.35. The van der Waals surface area contributed by atoms with E-state index in [9.17, 15) is 0 Å². The maximum Gasteiger partial charge on any atom is 0.0649 e. The van der Waals surface area contributed by atoms with Gasteiger partial charge in [-0.3, -0.25) is 0 Å². The van der Waals surface area contributed by atoms with Crippen molar-refractivity contribution in [1.29, 1.82) is 0 Å². The maximum atomic E-state index is 4.90. The van der Waals surface area contributed by atoms with E-state index in [-0.39, 0.29) is 0 Å². The number of fused-ring (bicyclic) bond motifs is 3. The maximum absolute atomic E-state index is 4.90. The molecule has 1 aliphatic carbocycles. The Morgan fingerprint density at radius 3 is 1.70 bits per heavy atom. The Morgan fingerprint density at radius 1 is 0.800 bits per heavy atom. The Hall–Kier alpha value is -2.12. The van der Waals surface area contributed by atoms with Crippen molar-refractivity contribution in [2.24, 2.45) is 0 Å². The SMILES string of the molecule is C=CCOCC=C.c1ccc2c(c1)Cc1ccccc1-2. The summed E-state index contributed by atoms with van der Waals surface area (Å²) in [6, 6.07) is 17.3. The zero-order chi connectivity index (χ0) is 14.2. The summed E-state index contributed by atoms with van der Waals surface area (Å²) < 4.78 is 4.90. The van der Waals surface area contributed by atoms with Crippen molar-refractivity contribution in [3.63, 3.8) is 0 Å². The minimum absolute atomic E-state index is 0.617. The van der Waals surface area contributed by atoms with E-state index in [1.165, 1.54) is 22.3 Å². The Morgan fingerprint density at radius 2 is 1.25 bits per heavy atom. The molecule has 102 valence electrons. The van der Waals surface area contributed by atoms with Gasteiger partial charge in [0.15, 0.2) is 0 Å². The van der Waals surface area contributed by atoms with Crippen molar-refractivity contribution < 1.29 is 4.74 Å². The number of benzene rings is 2. The van der Waals surface area contributed by atoms with E-state index in [1.54, 1.807) is 12.2 Å². The van der Waals surface area contributed by atoms with Gasteiger partial charge in [0.25, 0.3) is 0 Å². The van der Waals surface area contributed by atoms with Gasteiger partial charge < -0.3 is 4.74 Å². The van der Waals surface area contributed by atoms with Gasteiger partial charge in [0.1, 0.15) is 0 Å². The highest BCUT2D eigenvalue weighted by molar-refractivity contribution is 5.76. The third kappa shape index (κ3) is 3.46. The van der Waals surface area contributed by atoms with Crippen LogP contribution < -0.4 is 0 Å². The lowest BCUT2D eigenvalue weighted by Gasteiger charge is -1.98. The number of hydrogen-bond acceptors (Lipinski definition) is 1. The highest BCUT2D eigenvalue weighted by Gasteiger charge is 2.15. The predicted octanol–water partition coefficient (Wildman–Crippen LogP) is 4.63. The molecule has 0 saturated carbocycles. The van der Waals surface area contributed by atoms with Crippen LogP contribution in [0.2, 0.25) is 0 Å². The van der Waals surface area contributed by atoms with Crippen LogP contribution in [0.5, 0.6) is 0 Å². The Labute approximate surface area is 121 Å². The van der Waals surface area contributed by atoms with E-state index in [0.717, 1.165) is 6.42 Å². The van der Waals surface area contributed by atoms with E-state index in [1.807, 2.05) is 0 Å². The summed E-state index contributed by atoms with van der Waals surface area (Å²) in [6.45, 7) is 8.18. The fourth-order valence-corrected chi connectivity index (χ4v) is 2.31. The van der Waals surface area contributed by atoms with E-state index in [4.69, 9.17) is 4.74 Å². The molecule has 0 spiro atoms. The first-order valence-electron chi connectivity index (χ1n) is 6.82. The molecule has 0 amide bonds.